The molecule has 0 aliphatic carbocycles. The molecule has 2 saturated heterocycles. The zero-order valence-electron chi connectivity index (χ0n) is 15.2. The molecule has 3 unspecified atom stereocenters. The van der Waals surface area contributed by atoms with E-state index in [1.807, 2.05) is 0 Å². The van der Waals surface area contributed by atoms with Crippen LogP contribution in [0.5, 0.6) is 0 Å². The zero-order chi connectivity index (χ0) is 16.9. The summed E-state index contributed by atoms with van der Waals surface area (Å²) in [6, 6.07) is 11.6. The van der Waals surface area contributed by atoms with E-state index in [9.17, 15) is 5.11 Å². The fourth-order valence-corrected chi connectivity index (χ4v) is 4.20. The van der Waals surface area contributed by atoms with Crippen molar-refractivity contribution in [2.24, 2.45) is 5.92 Å². The van der Waals surface area contributed by atoms with Crippen LogP contribution in [0.3, 0.4) is 0 Å². The molecule has 2 aliphatic rings. The monoisotopic (exact) mass is 331 g/mol. The van der Waals surface area contributed by atoms with Gasteiger partial charge in [0.1, 0.15) is 0 Å². The van der Waals surface area contributed by atoms with E-state index in [1.54, 1.807) is 0 Å². The first-order valence-corrected chi connectivity index (χ1v) is 9.50. The summed E-state index contributed by atoms with van der Waals surface area (Å²) in [5, 5.41) is 13.9. The van der Waals surface area contributed by atoms with Gasteiger partial charge in [-0.3, -0.25) is 4.90 Å². The number of nitrogens with zero attached hydrogens (tertiary/aromatic N) is 2. The highest BCUT2D eigenvalue weighted by molar-refractivity contribution is 5.15. The minimum Gasteiger partial charge on any atom is -0.392 e. The first-order chi connectivity index (χ1) is 11.6. The molecule has 0 bridgehead atoms. The van der Waals surface area contributed by atoms with Crippen molar-refractivity contribution >= 4 is 0 Å². The minimum atomic E-state index is -0.181. The number of nitrogens with one attached hydrogen (secondary N) is 1. The molecule has 0 amide bonds. The van der Waals surface area contributed by atoms with Crippen LogP contribution in [0, 0.1) is 5.92 Å². The van der Waals surface area contributed by atoms with Gasteiger partial charge in [-0.2, -0.15) is 0 Å². The van der Waals surface area contributed by atoms with Crippen LogP contribution in [-0.4, -0.2) is 66.3 Å². The van der Waals surface area contributed by atoms with Gasteiger partial charge in [-0.15, -0.1) is 0 Å². The van der Waals surface area contributed by atoms with E-state index in [-0.39, 0.29) is 6.10 Å². The van der Waals surface area contributed by atoms with Gasteiger partial charge in [-0.05, 0) is 57.8 Å². The number of benzene rings is 1. The van der Waals surface area contributed by atoms with Gasteiger partial charge in [-0.1, -0.05) is 30.3 Å². The van der Waals surface area contributed by atoms with Gasteiger partial charge < -0.3 is 15.3 Å². The fraction of sp³-hybridized carbons (Fsp3) is 0.700. The van der Waals surface area contributed by atoms with Gasteiger partial charge in [0.05, 0.1) is 6.10 Å². The topological polar surface area (TPSA) is 38.7 Å². The predicted octanol–water partition coefficient (Wildman–Crippen LogP) is 1.94. The maximum absolute atomic E-state index is 10.1. The standard InChI is InChI=1S/C20H33N3O/c1-16(18-8-10-22(2)11-9-18)21-13-19-12-20(24)15-23(19)14-17-6-4-3-5-7-17/h3-7,16,18-21,24H,8-15H2,1-2H3. The Bertz CT molecular complexity index is 487. The Balaban J connectivity index is 1.49. The number of piperidine rings is 1. The molecular weight excluding hydrogens is 298 g/mol. The molecule has 4 heteroatoms. The molecule has 2 aliphatic heterocycles. The highest BCUT2D eigenvalue weighted by atomic mass is 16.3. The molecule has 4 nitrogen and oxygen atoms in total. The molecular formula is C20H33N3O. The van der Waals surface area contributed by atoms with Crippen molar-refractivity contribution in [2.75, 3.05) is 33.2 Å². The third-order valence-electron chi connectivity index (χ3n) is 5.88. The number of rotatable bonds is 6. The van der Waals surface area contributed by atoms with E-state index in [0.717, 1.165) is 32.0 Å². The maximum atomic E-state index is 10.1. The molecule has 134 valence electrons. The minimum absolute atomic E-state index is 0.181. The normalized spacial score (nSPS) is 28.3. The summed E-state index contributed by atoms with van der Waals surface area (Å²) in [4.78, 5) is 4.87. The van der Waals surface area contributed by atoms with Crippen LogP contribution >= 0.6 is 0 Å². The van der Waals surface area contributed by atoms with E-state index < -0.39 is 0 Å². The quantitative estimate of drug-likeness (QED) is 0.836. The lowest BCUT2D eigenvalue weighted by Crippen LogP contribution is -2.45. The van der Waals surface area contributed by atoms with E-state index in [0.29, 0.717) is 12.1 Å². The van der Waals surface area contributed by atoms with E-state index in [1.165, 1.54) is 31.5 Å². The summed E-state index contributed by atoms with van der Waals surface area (Å²) >= 11 is 0. The predicted molar refractivity (Wildman–Crippen MR) is 98.9 cm³/mol. The first kappa shape index (κ1) is 17.9. The summed E-state index contributed by atoms with van der Waals surface area (Å²) in [7, 11) is 2.22. The lowest BCUT2D eigenvalue weighted by atomic mass is 9.90. The Morgan fingerprint density at radius 3 is 2.62 bits per heavy atom. The fourth-order valence-electron chi connectivity index (χ4n) is 4.20. The average Bonchev–Trinajstić information content (AvgIpc) is 2.93. The van der Waals surface area contributed by atoms with Crippen molar-refractivity contribution in [3.63, 3.8) is 0 Å². The second-order valence-electron chi connectivity index (χ2n) is 7.80. The summed E-state index contributed by atoms with van der Waals surface area (Å²) in [5.74, 6) is 0.787. The highest BCUT2D eigenvalue weighted by Gasteiger charge is 2.31. The van der Waals surface area contributed by atoms with Crippen molar-refractivity contribution in [1.29, 1.82) is 0 Å². The van der Waals surface area contributed by atoms with E-state index in [4.69, 9.17) is 0 Å². The SMILES string of the molecule is CC(NCC1CC(O)CN1Cc1ccccc1)C1CCN(C)CC1. The van der Waals surface area contributed by atoms with Crippen LogP contribution < -0.4 is 5.32 Å². The van der Waals surface area contributed by atoms with Gasteiger partial charge in [0.2, 0.25) is 0 Å². The number of β-amino-alcohol motifs (C(OH)–C–C–N with tert-alkyl or cyclic N) is 1. The third-order valence-corrected chi connectivity index (χ3v) is 5.88. The average molecular weight is 332 g/mol. The van der Waals surface area contributed by atoms with Gasteiger partial charge >= 0.3 is 0 Å². The second-order valence-corrected chi connectivity index (χ2v) is 7.80. The number of aliphatic hydroxyl groups is 1. The van der Waals surface area contributed by atoms with Gasteiger partial charge in [0, 0.05) is 31.7 Å². The van der Waals surface area contributed by atoms with Crippen molar-refractivity contribution in [1.82, 2.24) is 15.1 Å². The summed E-state index contributed by atoms with van der Waals surface area (Å²) in [5.41, 5.74) is 1.33. The second kappa shape index (κ2) is 8.43. The molecule has 3 atom stereocenters. The Kier molecular flexibility index (Phi) is 6.28. The molecule has 0 radical (unpaired) electrons. The molecule has 0 spiro atoms. The molecule has 2 heterocycles. The Morgan fingerprint density at radius 1 is 1.21 bits per heavy atom. The molecule has 24 heavy (non-hydrogen) atoms. The van der Waals surface area contributed by atoms with Crippen molar-refractivity contribution in [3.8, 4) is 0 Å². The number of hydrogen-bond donors (Lipinski definition) is 2. The smallest absolute Gasteiger partial charge is 0.0682 e. The van der Waals surface area contributed by atoms with Gasteiger partial charge in [-0.25, -0.2) is 0 Å². The Morgan fingerprint density at radius 2 is 1.92 bits per heavy atom. The third kappa shape index (κ3) is 4.79. The molecule has 0 saturated carbocycles. The molecule has 3 rings (SSSR count). The van der Waals surface area contributed by atoms with Crippen LogP contribution in [0.1, 0.15) is 31.7 Å². The highest BCUT2D eigenvalue weighted by Crippen LogP contribution is 2.22. The van der Waals surface area contributed by atoms with Crippen LogP contribution in [0.25, 0.3) is 0 Å². The van der Waals surface area contributed by atoms with E-state index >= 15 is 0 Å². The van der Waals surface area contributed by atoms with Crippen LogP contribution in [0.4, 0.5) is 0 Å². The van der Waals surface area contributed by atoms with Gasteiger partial charge in [0.25, 0.3) is 0 Å². The number of likely N-dealkylation sites (tertiary alicyclic amines) is 2. The summed E-state index contributed by atoms with van der Waals surface area (Å²) in [6.07, 6.45) is 3.30. The molecule has 1 aromatic rings. The van der Waals surface area contributed by atoms with Crippen LogP contribution in [0.15, 0.2) is 30.3 Å². The lowest BCUT2D eigenvalue weighted by molar-refractivity contribution is 0.169. The maximum Gasteiger partial charge on any atom is 0.0682 e. The Hall–Kier alpha value is -0.940. The number of aliphatic hydroxyl groups excluding tert-OH is 1. The molecule has 1 aromatic carbocycles. The van der Waals surface area contributed by atoms with Gasteiger partial charge in [0.15, 0.2) is 0 Å². The lowest BCUT2D eigenvalue weighted by Gasteiger charge is -2.34. The van der Waals surface area contributed by atoms with Crippen molar-refractivity contribution in [2.45, 2.75) is 50.9 Å². The molecule has 0 aromatic heterocycles. The largest absolute Gasteiger partial charge is 0.392 e. The molecule has 2 fully saturated rings. The Labute approximate surface area is 146 Å². The summed E-state index contributed by atoms with van der Waals surface area (Å²) < 4.78 is 0. The van der Waals surface area contributed by atoms with E-state index in [2.05, 4.69) is 59.4 Å². The van der Waals surface area contributed by atoms with Crippen LogP contribution in [0.2, 0.25) is 0 Å². The summed E-state index contributed by atoms with van der Waals surface area (Å²) in [6.45, 7) is 7.49. The van der Waals surface area contributed by atoms with Crippen molar-refractivity contribution < 1.29 is 5.11 Å². The van der Waals surface area contributed by atoms with Crippen LogP contribution in [-0.2, 0) is 6.54 Å². The van der Waals surface area contributed by atoms with Crippen molar-refractivity contribution in [3.05, 3.63) is 35.9 Å². The first-order valence-electron chi connectivity index (χ1n) is 9.50. The zero-order valence-corrected chi connectivity index (χ0v) is 15.2. The number of hydrogen-bond acceptors (Lipinski definition) is 4. The molecule has 2 N–H and O–H groups in total.